The Morgan fingerprint density at radius 1 is 0.923 bits per heavy atom. The summed E-state index contributed by atoms with van der Waals surface area (Å²) in [4.78, 5) is 13.3. The molecular formula is C34H48O5. The van der Waals surface area contributed by atoms with E-state index >= 15 is 0 Å². The number of ether oxygens (including phenoxy) is 3. The molecule has 2 heterocycles. The lowest BCUT2D eigenvalue weighted by Gasteiger charge is -2.62. The molecule has 2 aliphatic heterocycles. The van der Waals surface area contributed by atoms with Crippen LogP contribution in [0.2, 0.25) is 0 Å². The van der Waals surface area contributed by atoms with E-state index in [0.29, 0.717) is 41.1 Å². The van der Waals surface area contributed by atoms with Crippen LogP contribution >= 0.6 is 0 Å². The summed E-state index contributed by atoms with van der Waals surface area (Å²) in [5, 5.41) is 10.7. The number of carbonyl (C=O) groups excluding carboxylic acids is 1. The highest BCUT2D eigenvalue weighted by molar-refractivity contribution is 5.89. The van der Waals surface area contributed by atoms with E-state index < -0.39 is 0 Å². The molecule has 6 aliphatic rings. The summed E-state index contributed by atoms with van der Waals surface area (Å²) in [5.41, 5.74) is 0.946. The van der Waals surface area contributed by atoms with Gasteiger partial charge in [-0.25, -0.2) is 4.79 Å². The van der Waals surface area contributed by atoms with Crippen molar-refractivity contribution >= 4 is 5.97 Å². The van der Waals surface area contributed by atoms with Crippen molar-refractivity contribution in [3.05, 3.63) is 35.9 Å². The smallest absolute Gasteiger partial charge is 0.338 e. The van der Waals surface area contributed by atoms with Crippen molar-refractivity contribution in [2.24, 2.45) is 52.3 Å². The third-order valence-electron chi connectivity index (χ3n) is 13.2. The Bertz CT molecular complexity index is 1080. The van der Waals surface area contributed by atoms with Gasteiger partial charge in [0.05, 0.1) is 24.4 Å². The van der Waals surface area contributed by atoms with Gasteiger partial charge < -0.3 is 19.3 Å². The quantitative estimate of drug-likeness (QED) is 0.430. The van der Waals surface area contributed by atoms with Gasteiger partial charge in [0.25, 0.3) is 0 Å². The summed E-state index contributed by atoms with van der Waals surface area (Å²) >= 11 is 0. The molecule has 6 fully saturated rings. The molecule has 214 valence electrons. The monoisotopic (exact) mass is 536 g/mol. The highest BCUT2D eigenvalue weighted by atomic mass is 16.7. The second kappa shape index (κ2) is 9.29. The number of esters is 1. The van der Waals surface area contributed by atoms with E-state index in [2.05, 4.69) is 27.7 Å². The molecule has 13 atom stereocenters. The highest BCUT2D eigenvalue weighted by Gasteiger charge is 2.70. The molecule has 7 rings (SSSR count). The summed E-state index contributed by atoms with van der Waals surface area (Å²) in [6.45, 7) is 10.5. The van der Waals surface area contributed by atoms with E-state index in [4.69, 9.17) is 14.2 Å². The van der Waals surface area contributed by atoms with Gasteiger partial charge in [0.15, 0.2) is 5.79 Å². The van der Waals surface area contributed by atoms with Gasteiger partial charge in [-0.2, -0.15) is 0 Å². The third-order valence-corrected chi connectivity index (χ3v) is 13.2. The van der Waals surface area contributed by atoms with Gasteiger partial charge >= 0.3 is 5.97 Å². The molecule has 2 saturated heterocycles. The molecule has 0 aromatic heterocycles. The minimum absolute atomic E-state index is 0.0964. The van der Waals surface area contributed by atoms with Gasteiger partial charge in [0, 0.05) is 18.3 Å². The number of rotatable bonds is 2. The zero-order chi connectivity index (χ0) is 27.2. The summed E-state index contributed by atoms with van der Waals surface area (Å²) in [5.74, 6) is 2.90. The predicted molar refractivity (Wildman–Crippen MR) is 149 cm³/mol. The number of carbonyl (C=O) groups is 1. The maximum absolute atomic E-state index is 13.3. The molecule has 0 amide bonds. The van der Waals surface area contributed by atoms with Gasteiger partial charge in [-0.15, -0.1) is 0 Å². The van der Waals surface area contributed by atoms with Crippen molar-refractivity contribution < 1.29 is 24.1 Å². The van der Waals surface area contributed by atoms with Crippen molar-refractivity contribution in [1.82, 2.24) is 0 Å². The molecule has 4 saturated carbocycles. The van der Waals surface area contributed by atoms with E-state index in [-0.39, 0.29) is 46.8 Å². The highest BCUT2D eigenvalue weighted by Crippen LogP contribution is 2.71. The summed E-state index contributed by atoms with van der Waals surface area (Å²) in [6.07, 6.45) is 9.20. The Kier molecular flexibility index (Phi) is 6.31. The average molecular weight is 537 g/mol. The molecule has 39 heavy (non-hydrogen) atoms. The molecule has 0 bridgehead atoms. The standard InChI is InChI=1S/C34H48O5/c1-20-10-15-34(37-19-20)21(2)30-29(39-34)18-26-24-17-28(38-31(36)22-8-6-5-7-9-22)27-16-23(35)11-13-32(27,3)25(24)12-14-33(26,30)4/h5-9,20-21,23-30,35H,10-19H2,1-4H3/t20-,21+,23+,24-,25+,26+,27-,28+,29+,30+,32-,33+,34-/m1/s1. The van der Waals surface area contributed by atoms with Crippen molar-refractivity contribution in [3.8, 4) is 0 Å². The minimum Gasteiger partial charge on any atom is -0.458 e. The lowest BCUT2D eigenvalue weighted by atomic mass is 9.43. The number of aliphatic hydroxyl groups excluding tert-OH is 1. The fourth-order valence-corrected chi connectivity index (χ4v) is 11.2. The fraction of sp³-hybridized carbons (Fsp3) is 0.794. The normalized spacial score (nSPS) is 52.4. The summed E-state index contributed by atoms with van der Waals surface area (Å²) in [7, 11) is 0. The Labute approximate surface area is 234 Å². The molecule has 5 nitrogen and oxygen atoms in total. The van der Waals surface area contributed by atoms with Crippen LogP contribution in [0.15, 0.2) is 30.3 Å². The zero-order valence-electron chi connectivity index (χ0n) is 24.3. The van der Waals surface area contributed by atoms with E-state index in [1.54, 1.807) is 0 Å². The number of hydrogen-bond acceptors (Lipinski definition) is 5. The van der Waals surface area contributed by atoms with Crippen molar-refractivity contribution in [2.75, 3.05) is 6.61 Å². The first-order chi connectivity index (χ1) is 18.6. The van der Waals surface area contributed by atoms with Crippen LogP contribution in [-0.2, 0) is 14.2 Å². The molecule has 1 aromatic rings. The molecule has 1 spiro atoms. The average Bonchev–Trinajstić information content (AvgIpc) is 3.37. The first-order valence-electron chi connectivity index (χ1n) is 15.9. The Hall–Kier alpha value is -1.43. The van der Waals surface area contributed by atoms with Gasteiger partial charge in [0.2, 0.25) is 0 Å². The van der Waals surface area contributed by atoms with E-state index in [9.17, 15) is 9.90 Å². The van der Waals surface area contributed by atoms with E-state index in [0.717, 1.165) is 45.1 Å². The lowest BCUT2D eigenvalue weighted by Crippen LogP contribution is -2.59. The van der Waals surface area contributed by atoms with Gasteiger partial charge in [0.1, 0.15) is 6.10 Å². The number of fused-ring (bicyclic) bond motifs is 7. The molecule has 4 aliphatic carbocycles. The van der Waals surface area contributed by atoms with Crippen LogP contribution in [0.3, 0.4) is 0 Å². The number of benzene rings is 1. The van der Waals surface area contributed by atoms with E-state index in [1.807, 2.05) is 30.3 Å². The van der Waals surface area contributed by atoms with Crippen molar-refractivity contribution in [2.45, 2.75) is 110 Å². The largest absolute Gasteiger partial charge is 0.458 e. The van der Waals surface area contributed by atoms with Crippen molar-refractivity contribution in [3.63, 3.8) is 0 Å². The fourth-order valence-electron chi connectivity index (χ4n) is 11.2. The predicted octanol–water partition coefficient (Wildman–Crippen LogP) is 6.63. The van der Waals surface area contributed by atoms with Crippen LogP contribution in [0.4, 0.5) is 0 Å². The number of hydrogen-bond donors (Lipinski definition) is 1. The zero-order valence-corrected chi connectivity index (χ0v) is 24.3. The van der Waals surface area contributed by atoms with Crippen LogP contribution in [0.25, 0.3) is 0 Å². The SMILES string of the molecule is C[C@@H]1CC[C@@]2(OC1)O[C@H]1C[C@H]3[C@@H]4C[C@H](OC(=O)c5ccccc5)[C@H]5C[C@@H](O)CC[C@]5(C)[C@H]4CC[C@]3(C)[C@H]1[C@@H]2C. The maximum Gasteiger partial charge on any atom is 0.338 e. The first kappa shape index (κ1) is 26.5. The molecule has 0 unspecified atom stereocenters. The second-order valence-electron chi connectivity index (χ2n) is 15.0. The summed E-state index contributed by atoms with van der Waals surface area (Å²) in [6, 6.07) is 9.43. The van der Waals surface area contributed by atoms with Crippen molar-refractivity contribution in [1.29, 1.82) is 0 Å². The van der Waals surface area contributed by atoms with Crippen LogP contribution in [0.1, 0.15) is 95.8 Å². The minimum atomic E-state index is -0.385. The molecular weight excluding hydrogens is 488 g/mol. The van der Waals surface area contributed by atoms with Gasteiger partial charge in [-0.1, -0.05) is 45.9 Å². The van der Waals surface area contributed by atoms with Gasteiger partial charge in [-0.3, -0.25) is 0 Å². The lowest BCUT2D eigenvalue weighted by molar-refractivity contribution is -0.273. The summed E-state index contributed by atoms with van der Waals surface area (Å²) < 4.78 is 19.9. The van der Waals surface area contributed by atoms with Crippen LogP contribution in [-0.4, -0.2) is 41.8 Å². The van der Waals surface area contributed by atoms with E-state index in [1.165, 1.54) is 19.3 Å². The topological polar surface area (TPSA) is 65.0 Å². The van der Waals surface area contributed by atoms with Crippen LogP contribution < -0.4 is 0 Å². The molecule has 1 aromatic carbocycles. The van der Waals surface area contributed by atoms with Crippen LogP contribution in [0, 0.1) is 52.3 Å². The number of aliphatic hydroxyl groups is 1. The van der Waals surface area contributed by atoms with Crippen LogP contribution in [0.5, 0.6) is 0 Å². The Morgan fingerprint density at radius 3 is 2.44 bits per heavy atom. The van der Waals surface area contributed by atoms with Gasteiger partial charge in [-0.05, 0) is 104 Å². The maximum atomic E-state index is 13.3. The third kappa shape index (κ3) is 3.92. The molecule has 1 N–H and O–H groups in total. The Balaban J connectivity index is 1.18. The first-order valence-corrected chi connectivity index (χ1v) is 15.9. The molecule has 5 heteroatoms. The molecule has 0 radical (unpaired) electrons. The second-order valence-corrected chi connectivity index (χ2v) is 15.0. The Morgan fingerprint density at radius 2 is 1.69 bits per heavy atom.